The van der Waals surface area contributed by atoms with Crippen LogP contribution in [0.4, 0.5) is 0 Å². The largest absolute Gasteiger partial charge is 0.261 e. The van der Waals surface area contributed by atoms with Gasteiger partial charge < -0.3 is 0 Å². The van der Waals surface area contributed by atoms with Gasteiger partial charge in [0.05, 0.1) is 0 Å². The summed E-state index contributed by atoms with van der Waals surface area (Å²) in [7, 11) is 0. The van der Waals surface area contributed by atoms with E-state index in [4.69, 9.17) is 15.0 Å². The summed E-state index contributed by atoms with van der Waals surface area (Å²) in [6, 6.07) is 54.7. The number of rotatable bonds is 6. The number of benzene rings is 6. The van der Waals surface area contributed by atoms with Crippen LogP contribution in [0.3, 0.4) is 0 Å². The Hall–Kier alpha value is -6.26. The van der Waals surface area contributed by atoms with Gasteiger partial charge in [-0.05, 0) is 75.8 Å². The van der Waals surface area contributed by atoms with Crippen LogP contribution in [0.1, 0.15) is 5.69 Å². The average Bonchev–Trinajstić information content (AvgIpc) is 3.15. The molecule has 0 amide bonds. The number of hydrogen-bond acceptors (Lipinski definition) is 4. The SMILES string of the molecule is Cc1ncccc1-c1cccc(-c2cc(-c3nc(-c4ccccc4)nc(-c4ccccc4)n3)cc(-c3cccc4ccccc34)c2)c1. The fraction of sp³-hybridized carbons (Fsp3) is 0.0233. The summed E-state index contributed by atoms with van der Waals surface area (Å²) >= 11 is 0. The van der Waals surface area contributed by atoms with Gasteiger partial charge in [0, 0.05) is 34.1 Å². The van der Waals surface area contributed by atoms with Crippen LogP contribution in [0.5, 0.6) is 0 Å². The minimum absolute atomic E-state index is 0.625. The second-order valence-electron chi connectivity index (χ2n) is 11.6. The van der Waals surface area contributed by atoms with E-state index >= 15 is 0 Å². The molecule has 0 aliphatic heterocycles. The Bertz CT molecular complexity index is 2300. The number of fused-ring (bicyclic) bond motifs is 1. The van der Waals surface area contributed by atoms with Crippen LogP contribution in [-0.2, 0) is 0 Å². The molecule has 8 aromatic rings. The first-order valence-corrected chi connectivity index (χ1v) is 15.7. The molecule has 0 aliphatic rings. The van der Waals surface area contributed by atoms with Crippen LogP contribution in [0, 0.1) is 6.92 Å². The highest BCUT2D eigenvalue weighted by atomic mass is 15.0. The Balaban J connectivity index is 1.37. The van der Waals surface area contributed by atoms with Crippen molar-refractivity contribution in [3.63, 3.8) is 0 Å². The molecule has 0 bridgehead atoms. The Kier molecular flexibility index (Phi) is 7.37. The fourth-order valence-electron chi connectivity index (χ4n) is 6.15. The van der Waals surface area contributed by atoms with E-state index in [1.54, 1.807) is 0 Å². The van der Waals surface area contributed by atoms with Crippen LogP contribution >= 0.6 is 0 Å². The molecular weight excluding hydrogens is 573 g/mol. The predicted molar refractivity (Wildman–Crippen MR) is 192 cm³/mol. The van der Waals surface area contributed by atoms with Crippen molar-refractivity contribution in [2.24, 2.45) is 0 Å². The first kappa shape index (κ1) is 28.2. The smallest absolute Gasteiger partial charge is 0.164 e. The highest BCUT2D eigenvalue weighted by molar-refractivity contribution is 5.98. The lowest BCUT2D eigenvalue weighted by atomic mass is 9.92. The zero-order valence-electron chi connectivity index (χ0n) is 25.9. The van der Waals surface area contributed by atoms with Gasteiger partial charge in [-0.25, -0.2) is 15.0 Å². The first-order valence-electron chi connectivity index (χ1n) is 15.7. The highest BCUT2D eigenvalue weighted by Gasteiger charge is 2.16. The van der Waals surface area contributed by atoms with Gasteiger partial charge in [-0.1, -0.05) is 127 Å². The number of pyridine rings is 1. The summed E-state index contributed by atoms with van der Waals surface area (Å²) in [5, 5.41) is 2.40. The third-order valence-corrected chi connectivity index (χ3v) is 8.51. The molecule has 8 rings (SSSR count). The molecule has 0 saturated carbocycles. The Morgan fingerprint density at radius 1 is 0.362 bits per heavy atom. The second-order valence-corrected chi connectivity index (χ2v) is 11.6. The molecule has 4 nitrogen and oxygen atoms in total. The van der Waals surface area contributed by atoms with E-state index < -0.39 is 0 Å². The van der Waals surface area contributed by atoms with E-state index in [9.17, 15) is 0 Å². The molecule has 0 saturated heterocycles. The van der Waals surface area contributed by atoms with Gasteiger partial charge in [-0.15, -0.1) is 0 Å². The van der Waals surface area contributed by atoms with E-state index in [2.05, 4.69) is 103 Å². The normalized spacial score (nSPS) is 11.1. The number of hydrogen-bond donors (Lipinski definition) is 0. The zero-order chi connectivity index (χ0) is 31.6. The minimum atomic E-state index is 0.625. The van der Waals surface area contributed by atoms with Crippen LogP contribution in [0.25, 0.3) is 78.3 Å². The van der Waals surface area contributed by atoms with Crippen molar-refractivity contribution in [2.75, 3.05) is 0 Å². The van der Waals surface area contributed by atoms with Crippen molar-refractivity contribution in [1.29, 1.82) is 0 Å². The Morgan fingerprint density at radius 3 is 1.60 bits per heavy atom. The highest BCUT2D eigenvalue weighted by Crippen LogP contribution is 2.37. The van der Waals surface area contributed by atoms with E-state index in [1.165, 1.54) is 10.8 Å². The lowest BCUT2D eigenvalue weighted by Gasteiger charge is -2.14. The van der Waals surface area contributed by atoms with E-state index in [0.717, 1.165) is 55.8 Å². The molecule has 2 aromatic heterocycles. The quantitative estimate of drug-likeness (QED) is 0.190. The van der Waals surface area contributed by atoms with Gasteiger partial charge in [-0.2, -0.15) is 0 Å². The molecule has 0 aliphatic carbocycles. The van der Waals surface area contributed by atoms with E-state index in [1.807, 2.05) is 72.9 Å². The molecule has 0 spiro atoms. The van der Waals surface area contributed by atoms with Crippen LogP contribution in [-0.4, -0.2) is 19.9 Å². The zero-order valence-corrected chi connectivity index (χ0v) is 25.9. The van der Waals surface area contributed by atoms with Crippen molar-refractivity contribution in [2.45, 2.75) is 6.92 Å². The Labute approximate surface area is 274 Å². The standard InChI is InChI=1S/C43H30N4/c1-29-38(23-12-24-44-29)34-20-10-19-33(25-34)35-26-36(40-22-11-18-30-13-8-9-21-39(30)40)28-37(27-35)43-46-41(31-14-4-2-5-15-31)45-42(47-43)32-16-6-3-7-17-32/h2-28H,1H3. The van der Waals surface area contributed by atoms with Gasteiger partial charge in [0.1, 0.15) is 0 Å². The summed E-state index contributed by atoms with van der Waals surface area (Å²) in [6.07, 6.45) is 1.84. The van der Waals surface area contributed by atoms with Gasteiger partial charge in [0.25, 0.3) is 0 Å². The monoisotopic (exact) mass is 602 g/mol. The van der Waals surface area contributed by atoms with Crippen LogP contribution in [0.2, 0.25) is 0 Å². The van der Waals surface area contributed by atoms with Crippen molar-refractivity contribution in [3.05, 3.63) is 170 Å². The molecule has 2 heterocycles. The molecular formula is C43H30N4. The minimum Gasteiger partial charge on any atom is -0.261 e. The molecule has 6 aromatic carbocycles. The predicted octanol–water partition coefficient (Wildman–Crippen LogP) is 10.7. The average molecular weight is 603 g/mol. The van der Waals surface area contributed by atoms with Gasteiger partial charge in [0.2, 0.25) is 0 Å². The van der Waals surface area contributed by atoms with E-state index in [-0.39, 0.29) is 0 Å². The summed E-state index contributed by atoms with van der Waals surface area (Å²) in [6.45, 7) is 2.05. The molecule has 0 fully saturated rings. The Morgan fingerprint density at radius 2 is 0.872 bits per heavy atom. The van der Waals surface area contributed by atoms with Gasteiger partial charge in [0.15, 0.2) is 17.5 Å². The maximum Gasteiger partial charge on any atom is 0.164 e. The van der Waals surface area contributed by atoms with Crippen LogP contribution in [0.15, 0.2) is 164 Å². The van der Waals surface area contributed by atoms with Crippen molar-refractivity contribution >= 4 is 10.8 Å². The first-order chi connectivity index (χ1) is 23.2. The number of aryl methyl sites for hydroxylation is 1. The third kappa shape index (κ3) is 5.69. The second kappa shape index (κ2) is 12.3. The number of nitrogens with zero attached hydrogens (tertiary/aromatic N) is 4. The van der Waals surface area contributed by atoms with Crippen molar-refractivity contribution in [1.82, 2.24) is 19.9 Å². The maximum absolute atomic E-state index is 5.08. The van der Waals surface area contributed by atoms with Crippen LogP contribution < -0.4 is 0 Å². The molecule has 4 heteroatoms. The molecule has 0 unspecified atom stereocenters. The van der Waals surface area contributed by atoms with Crippen molar-refractivity contribution < 1.29 is 0 Å². The third-order valence-electron chi connectivity index (χ3n) is 8.51. The summed E-state index contributed by atoms with van der Waals surface area (Å²) in [5.74, 6) is 1.90. The number of aromatic nitrogens is 4. The van der Waals surface area contributed by atoms with Crippen molar-refractivity contribution in [3.8, 4) is 67.5 Å². The van der Waals surface area contributed by atoms with E-state index in [0.29, 0.717) is 17.5 Å². The summed E-state index contributed by atoms with van der Waals surface area (Å²) < 4.78 is 0. The molecule has 47 heavy (non-hydrogen) atoms. The fourth-order valence-corrected chi connectivity index (χ4v) is 6.15. The molecule has 0 atom stereocenters. The molecule has 0 N–H and O–H groups in total. The topological polar surface area (TPSA) is 51.6 Å². The molecule has 0 radical (unpaired) electrons. The lowest BCUT2D eigenvalue weighted by molar-refractivity contribution is 1.07. The maximum atomic E-state index is 5.08. The lowest BCUT2D eigenvalue weighted by Crippen LogP contribution is -2.00. The summed E-state index contributed by atoms with van der Waals surface area (Å²) in [4.78, 5) is 19.6. The summed E-state index contributed by atoms with van der Waals surface area (Å²) in [5.41, 5.74) is 10.5. The van der Waals surface area contributed by atoms with Gasteiger partial charge >= 0.3 is 0 Å². The van der Waals surface area contributed by atoms with Gasteiger partial charge in [-0.3, -0.25) is 4.98 Å². The molecule has 222 valence electrons.